The lowest BCUT2D eigenvalue weighted by atomic mass is 10.0. The second kappa shape index (κ2) is 5.21. The summed E-state index contributed by atoms with van der Waals surface area (Å²) >= 11 is 0. The lowest BCUT2D eigenvalue weighted by molar-refractivity contribution is 1.11. The first-order chi connectivity index (χ1) is 7.90. The summed E-state index contributed by atoms with van der Waals surface area (Å²) in [5.41, 5.74) is 3.45. The molecule has 2 rings (SSSR count). The quantitative estimate of drug-likeness (QED) is 0.684. The highest BCUT2D eigenvalue weighted by Gasteiger charge is 2.01. The van der Waals surface area contributed by atoms with E-state index in [1.165, 1.54) is 11.1 Å². The van der Waals surface area contributed by atoms with E-state index in [2.05, 4.69) is 40.6 Å². The first kappa shape index (κ1) is 10.6. The molecule has 0 aromatic heterocycles. The average molecular weight is 210 g/mol. The van der Waals surface area contributed by atoms with Gasteiger partial charge in [-0.2, -0.15) is 10.2 Å². The third kappa shape index (κ3) is 2.54. The van der Waals surface area contributed by atoms with Crippen LogP contribution in [0.2, 0.25) is 0 Å². The molecule has 0 radical (unpaired) electrons. The first-order valence-corrected chi connectivity index (χ1v) is 5.32. The first-order valence-electron chi connectivity index (χ1n) is 5.32. The molecular formula is C14H14N2. The van der Waals surface area contributed by atoms with Crippen molar-refractivity contribution in [1.29, 1.82) is 0 Å². The van der Waals surface area contributed by atoms with Crippen molar-refractivity contribution >= 4 is 5.69 Å². The molecule has 0 saturated carbocycles. The smallest absolute Gasteiger partial charge is 0.0887 e. The normalized spacial score (nSPS) is 10.8. The Morgan fingerprint density at radius 3 is 2.31 bits per heavy atom. The van der Waals surface area contributed by atoms with Gasteiger partial charge in [0, 0.05) is 7.05 Å². The van der Waals surface area contributed by atoms with E-state index in [9.17, 15) is 0 Å². The van der Waals surface area contributed by atoms with Gasteiger partial charge in [0.1, 0.15) is 0 Å². The van der Waals surface area contributed by atoms with Crippen LogP contribution in [0, 0.1) is 0 Å². The number of rotatable bonds is 3. The minimum Gasteiger partial charge on any atom is -0.192 e. The van der Waals surface area contributed by atoms with Crippen molar-refractivity contribution in [3.8, 4) is 0 Å². The lowest BCUT2D eigenvalue weighted by Gasteiger charge is -2.04. The minimum absolute atomic E-state index is 0.899. The van der Waals surface area contributed by atoms with Crippen LogP contribution in [0.1, 0.15) is 11.1 Å². The van der Waals surface area contributed by atoms with E-state index in [-0.39, 0.29) is 0 Å². The molecule has 0 amide bonds. The third-order valence-corrected chi connectivity index (χ3v) is 2.44. The van der Waals surface area contributed by atoms with Crippen molar-refractivity contribution in [1.82, 2.24) is 0 Å². The largest absolute Gasteiger partial charge is 0.192 e. The molecule has 2 aromatic carbocycles. The number of nitrogens with zero attached hydrogens (tertiary/aromatic N) is 2. The van der Waals surface area contributed by atoms with Crippen molar-refractivity contribution in [3.63, 3.8) is 0 Å². The Bertz CT molecular complexity index is 475. The summed E-state index contributed by atoms with van der Waals surface area (Å²) in [5, 5.41) is 7.96. The highest BCUT2D eigenvalue weighted by atomic mass is 15.1. The van der Waals surface area contributed by atoms with Gasteiger partial charge < -0.3 is 0 Å². The molecule has 0 aliphatic heterocycles. The van der Waals surface area contributed by atoms with Gasteiger partial charge in [-0.1, -0.05) is 48.5 Å². The number of hydrogen-bond donors (Lipinski definition) is 0. The second-order valence-electron chi connectivity index (χ2n) is 3.59. The maximum absolute atomic E-state index is 4.13. The number of benzene rings is 2. The summed E-state index contributed by atoms with van der Waals surface area (Å²) in [5.74, 6) is 0. The van der Waals surface area contributed by atoms with Gasteiger partial charge in [0.25, 0.3) is 0 Å². The zero-order chi connectivity index (χ0) is 11.2. The predicted octanol–water partition coefficient (Wildman–Crippen LogP) is 3.99. The fourth-order valence-corrected chi connectivity index (χ4v) is 1.68. The Morgan fingerprint density at radius 1 is 0.875 bits per heavy atom. The van der Waals surface area contributed by atoms with E-state index in [0.29, 0.717) is 0 Å². The summed E-state index contributed by atoms with van der Waals surface area (Å²) in [6.45, 7) is 0. The van der Waals surface area contributed by atoms with Gasteiger partial charge in [-0.15, -0.1) is 0 Å². The van der Waals surface area contributed by atoms with Gasteiger partial charge >= 0.3 is 0 Å². The second-order valence-corrected chi connectivity index (χ2v) is 3.59. The molecule has 0 spiro atoms. The molecule has 0 saturated heterocycles. The van der Waals surface area contributed by atoms with Crippen LogP contribution in [0.25, 0.3) is 0 Å². The van der Waals surface area contributed by atoms with E-state index in [1.54, 1.807) is 7.05 Å². The lowest BCUT2D eigenvalue weighted by Crippen LogP contribution is -1.87. The molecule has 80 valence electrons. The van der Waals surface area contributed by atoms with Crippen LogP contribution in [0.15, 0.2) is 64.8 Å². The molecule has 0 unspecified atom stereocenters. The molecule has 0 bridgehead atoms. The minimum atomic E-state index is 0.899. The summed E-state index contributed by atoms with van der Waals surface area (Å²) in [6.07, 6.45) is 0.899. The third-order valence-electron chi connectivity index (χ3n) is 2.44. The number of azo groups is 1. The maximum atomic E-state index is 4.13. The molecule has 2 heteroatoms. The molecule has 0 fully saturated rings. The Kier molecular flexibility index (Phi) is 3.44. The molecule has 2 aromatic rings. The van der Waals surface area contributed by atoms with Crippen LogP contribution in [0.4, 0.5) is 5.69 Å². The van der Waals surface area contributed by atoms with Crippen LogP contribution in [0.3, 0.4) is 0 Å². The fourth-order valence-electron chi connectivity index (χ4n) is 1.68. The van der Waals surface area contributed by atoms with Crippen molar-refractivity contribution < 1.29 is 0 Å². The fraction of sp³-hybridized carbons (Fsp3) is 0.143. The molecule has 0 heterocycles. The Balaban J connectivity index is 2.28. The van der Waals surface area contributed by atoms with E-state index < -0.39 is 0 Å². The van der Waals surface area contributed by atoms with E-state index in [4.69, 9.17) is 0 Å². The van der Waals surface area contributed by atoms with Gasteiger partial charge in [0.2, 0.25) is 0 Å². The predicted molar refractivity (Wildman–Crippen MR) is 66.1 cm³/mol. The Hall–Kier alpha value is -1.96. The van der Waals surface area contributed by atoms with Gasteiger partial charge in [-0.05, 0) is 23.6 Å². The van der Waals surface area contributed by atoms with Crippen LogP contribution in [-0.2, 0) is 6.42 Å². The van der Waals surface area contributed by atoms with E-state index >= 15 is 0 Å². The van der Waals surface area contributed by atoms with Gasteiger partial charge in [0.05, 0.1) is 5.69 Å². The van der Waals surface area contributed by atoms with Crippen LogP contribution < -0.4 is 0 Å². The van der Waals surface area contributed by atoms with Gasteiger partial charge in [0.15, 0.2) is 0 Å². The molecular weight excluding hydrogens is 196 g/mol. The Labute approximate surface area is 95.7 Å². The highest BCUT2D eigenvalue weighted by molar-refractivity contribution is 5.47. The monoisotopic (exact) mass is 210 g/mol. The average Bonchev–Trinajstić information content (AvgIpc) is 2.33. The molecule has 0 aliphatic rings. The van der Waals surface area contributed by atoms with Crippen LogP contribution >= 0.6 is 0 Å². The van der Waals surface area contributed by atoms with Crippen LogP contribution in [-0.4, -0.2) is 7.05 Å². The number of hydrogen-bond acceptors (Lipinski definition) is 2. The maximum Gasteiger partial charge on any atom is 0.0887 e. The topological polar surface area (TPSA) is 24.7 Å². The Morgan fingerprint density at radius 2 is 1.56 bits per heavy atom. The van der Waals surface area contributed by atoms with Crippen LogP contribution in [0.5, 0.6) is 0 Å². The SMILES string of the molecule is CN=Nc1ccccc1Cc1ccccc1. The summed E-state index contributed by atoms with van der Waals surface area (Å²) in [4.78, 5) is 0. The zero-order valence-corrected chi connectivity index (χ0v) is 9.30. The van der Waals surface area contributed by atoms with Crippen molar-refractivity contribution in [3.05, 3.63) is 65.7 Å². The van der Waals surface area contributed by atoms with Crippen molar-refractivity contribution in [2.24, 2.45) is 10.2 Å². The van der Waals surface area contributed by atoms with Crippen molar-refractivity contribution in [2.45, 2.75) is 6.42 Å². The molecule has 0 aliphatic carbocycles. The molecule has 0 atom stereocenters. The summed E-state index contributed by atoms with van der Waals surface area (Å²) < 4.78 is 0. The molecule has 0 N–H and O–H groups in total. The summed E-state index contributed by atoms with van der Waals surface area (Å²) in [6, 6.07) is 18.5. The van der Waals surface area contributed by atoms with E-state index in [0.717, 1.165) is 12.1 Å². The standard InChI is InChI=1S/C14H14N2/c1-15-16-14-10-6-5-9-13(14)11-12-7-3-2-4-8-12/h2-10H,11H2,1H3. The zero-order valence-electron chi connectivity index (χ0n) is 9.30. The molecule has 2 nitrogen and oxygen atoms in total. The van der Waals surface area contributed by atoms with Crippen molar-refractivity contribution in [2.75, 3.05) is 7.05 Å². The summed E-state index contributed by atoms with van der Waals surface area (Å²) in [7, 11) is 1.69. The van der Waals surface area contributed by atoms with E-state index in [1.807, 2.05) is 24.3 Å². The highest BCUT2D eigenvalue weighted by Crippen LogP contribution is 2.21. The van der Waals surface area contributed by atoms with Gasteiger partial charge in [-0.3, -0.25) is 0 Å². The molecule has 16 heavy (non-hydrogen) atoms. The van der Waals surface area contributed by atoms with Gasteiger partial charge in [-0.25, -0.2) is 0 Å².